The molecule has 2 amide bonds. The summed E-state index contributed by atoms with van der Waals surface area (Å²) in [6, 6.07) is 9.80. The Labute approximate surface area is 193 Å². The van der Waals surface area contributed by atoms with Crippen LogP contribution in [0.25, 0.3) is 0 Å². The highest BCUT2D eigenvalue weighted by Crippen LogP contribution is 2.28. The van der Waals surface area contributed by atoms with E-state index in [4.69, 9.17) is 14.2 Å². The lowest BCUT2D eigenvalue weighted by atomic mass is 10.1. The number of benzene rings is 1. The van der Waals surface area contributed by atoms with Crippen LogP contribution >= 0.6 is 11.3 Å². The number of carbonyl (C=O) groups excluding carboxylic acids is 2. The second kappa shape index (κ2) is 11.9. The topological polar surface area (TPSA) is 68.3 Å². The van der Waals surface area contributed by atoms with Crippen LogP contribution in [0.2, 0.25) is 0 Å². The zero-order valence-corrected chi connectivity index (χ0v) is 19.9. The molecular formula is C24H32N2O5S. The van der Waals surface area contributed by atoms with Crippen LogP contribution in [0.15, 0.2) is 35.7 Å². The molecule has 8 heteroatoms. The average molecular weight is 461 g/mol. The summed E-state index contributed by atoms with van der Waals surface area (Å²) in [6.07, 6.45) is 2.61. The van der Waals surface area contributed by atoms with Crippen LogP contribution in [-0.4, -0.2) is 68.2 Å². The predicted molar refractivity (Wildman–Crippen MR) is 124 cm³/mol. The first-order valence-corrected chi connectivity index (χ1v) is 11.8. The molecule has 0 N–H and O–H groups in total. The maximum Gasteiger partial charge on any atom is 0.242 e. The number of hydrogen-bond acceptors (Lipinski definition) is 6. The molecule has 3 rings (SSSR count). The van der Waals surface area contributed by atoms with E-state index in [2.05, 4.69) is 0 Å². The molecule has 1 aromatic carbocycles. The summed E-state index contributed by atoms with van der Waals surface area (Å²) < 4.78 is 16.4. The Bertz CT molecular complexity index is 881. The van der Waals surface area contributed by atoms with Gasteiger partial charge in [0.05, 0.1) is 33.4 Å². The van der Waals surface area contributed by atoms with Crippen LogP contribution in [0.3, 0.4) is 0 Å². The summed E-state index contributed by atoms with van der Waals surface area (Å²) >= 11 is 1.62. The minimum Gasteiger partial charge on any atom is -0.493 e. The van der Waals surface area contributed by atoms with Gasteiger partial charge < -0.3 is 24.0 Å². The zero-order valence-electron chi connectivity index (χ0n) is 19.0. The Morgan fingerprint density at radius 1 is 1.16 bits per heavy atom. The molecule has 1 aliphatic heterocycles. The van der Waals surface area contributed by atoms with Gasteiger partial charge in [-0.1, -0.05) is 12.1 Å². The van der Waals surface area contributed by atoms with Gasteiger partial charge in [-0.2, -0.15) is 0 Å². The van der Waals surface area contributed by atoms with Crippen molar-refractivity contribution in [2.24, 2.45) is 0 Å². The van der Waals surface area contributed by atoms with Crippen molar-refractivity contribution in [2.75, 3.05) is 40.5 Å². The van der Waals surface area contributed by atoms with Crippen molar-refractivity contribution < 1.29 is 23.8 Å². The molecule has 1 fully saturated rings. The standard InChI is InChI=1S/C24H32N2O5S/c1-18(27)26(15-20-6-4-12-31-20)17-24(28)25(16-21-7-5-13-32-21)11-10-19-8-9-22(29-2)23(14-19)30-3/h5,7-9,13-14,20H,4,6,10-12,15-17H2,1-3H3. The molecule has 1 unspecified atom stereocenters. The number of ether oxygens (including phenoxy) is 3. The van der Waals surface area contributed by atoms with Crippen molar-refractivity contribution in [3.05, 3.63) is 46.2 Å². The van der Waals surface area contributed by atoms with Gasteiger partial charge in [-0.15, -0.1) is 11.3 Å². The van der Waals surface area contributed by atoms with Crippen molar-refractivity contribution in [3.63, 3.8) is 0 Å². The smallest absolute Gasteiger partial charge is 0.242 e. The van der Waals surface area contributed by atoms with Gasteiger partial charge in [0.1, 0.15) is 0 Å². The molecule has 0 radical (unpaired) electrons. The summed E-state index contributed by atoms with van der Waals surface area (Å²) in [5.74, 6) is 1.17. The van der Waals surface area contributed by atoms with E-state index in [1.807, 2.05) is 40.6 Å². The van der Waals surface area contributed by atoms with Gasteiger partial charge in [-0.3, -0.25) is 9.59 Å². The van der Waals surface area contributed by atoms with E-state index in [9.17, 15) is 9.59 Å². The first-order chi connectivity index (χ1) is 15.5. The maximum atomic E-state index is 13.3. The first-order valence-electron chi connectivity index (χ1n) is 10.9. The fourth-order valence-electron chi connectivity index (χ4n) is 3.78. The Kier molecular flexibility index (Phi) is 8.93. The van der Waals surface area contributed by atoms with Crippen molar-refractivity contribution in [1.82, 2.24) is 9.80 Å². The first kappa shape index (κ1) is 24.1. The fraction of sp³-hybridized carbons (Fsp3) is 0.500. The minimum atomic E-state index is -0.107. The molecule has 7 nitrogen and oxygen atoms in total. The van der Waals surface area contributed by atoms with Crippen LogP contribution in [0.1, 0.15) is 30.2 Å². The summed E-state index contributed by atoms with van der Waals surface area (Å²) in [5.41, 5.74) is 1.05. The van der Waals surface area contributed by atoms with Crippen molar-refractivity contribution in [1.29, 1.82) is 0 Å². The molecule has 1 atom stereocenters. The van der Waals surface area contributed by atoms with Gasteiger partial charge in [0.25, 0.3) is 0 Å². The van der Waals surface area contributed by atoms with E-state index in [0.717, 1.165) is 29.9 Å². The molecule has 0 saturated carbocycles. The summed E-state index contributed by atoms with van der Waals surface area (Å²) in [7, 11) is 3.22. The number of methoxy groups -OCH3 is 2. The minimum absolute atomic E-state index is 0.0178. The van der Waals surface area contributed by atoms with Gasteiger partial charge in [0, 0.05) is 31.5 Å². The molecule has 1 saturated heterocycles. The number of amides is 2. The second-order valence-electron chi connectivity index (χ2n) is 7.87. The number of carbonyl (C=O) groups is 2. The van der Waals surface area contributed by atoms with E-state index in [1.165, 1.54) is 6.92 Å². The van der Waals surface area contributed by atoms with Crippen molar-refractivity contribution >= 4 is 23.2 Å². The highest BCUT2D eigenvalue weighted by molar-refractivity contribution is 7.09. The van der Waals surface area contributed by atoms with E-state index >= 15 is 0 Å². The SMILES string of the molecule is COc1ccc(CCN(Cc2cccs2)C(=O)CN(CC2CCCO2)C(C)=O)cc1OC. The molecule has 1 aliphatic rings. The van der Waals surface area contributed by atoms with E-state index in [0.29, 0.717) is 37.6 Å². The molecule has 0 aliphatic carbocycles. The molecule has 1 aromatic heterocycles. The molecule has 0 bridgehead atoms. The molecule has 0 spiro atoms. The normalized spacial score (nSPS) is 15.4. The molecular weight excluding hydrogens is 428 g/mol. The third kappa shape index (κ3) is 6.71. The van der Waals surface area contributed by atoms with Gasteiger partial charge in [-0.05, 0) is 48.4 Å². The Morgan fingerprint density at radius 2 is 1.97 bits per heavy atom. The van der Waals surface area contributed by atoms with Crippen molar-refractivity contribution in [2.45, 2.75) is 38.8 Å². The molecule has 2 aromatic rings. The second-order valence-corrected chi connectivity index (χ2v) is 8.90. The Balaban J connectivity index is 1.68. The molecule has 174 valence electrons. The summed E-state index contributed by atoms with van der Waals surface area (Å²) in [4.78, 5) is 30.0. The van der Waals surface area contributed by atoms with E-state index in [1.54, 1.807) is 30.5 Å². The lowest BCUT2D eigenvalue weighted by Crippen LogP contribution is -2.45. The monoisotopic (exact) mass is 460 g/mol. The van der Waals surface area contributed by atoms with Crippen LogP contribution in [-0.2, 0) is 27.3 Å². The highest BCUT2D eigenvalue weighted by Gasteiger charge is 2.25. The van der Waals surface area contributed by atoms with Crippen LogP contribution < -0.4 is 9.47 Å². The van der Waals surface area contributed by atoms with Gasteiger partial charge in [0.2, 0.25) is 11.8 Å². The number of rotatable bonds is 11. The molecule has 2 heterocycles. The Hall–Kier alpha value is -2.58. The zero-order chi connectivity index (χ0) is 22.9. The van der Waals surface area contributed by atoms with Crippen molar-refractivity contribution in [3.8, 4) is 11.5 Å². The number of nitrogens with zero attached hydrogens (tertiary/aromatic N) is 2. The quantitative estimate of drug-likeness (QED) is 0.514. The maximum absolute atomic E-state index is 13.3. The number of thiophene rings is 1. The average Bonchev–Trinajstić information content (AvgIpc) is 3.50. The Morgan fingerprint density at radius 3 is 2.59 bits per heavy atom. The van der Waals surface area contributed by atoms with E-state index in [-0.39, 0.29) is 24.5 Å². The lowest BCUT2D eigenvalue weighted by molar-refractivity contribution is -0.140. The van der Waals surface area contributed by atoms with E-state index < -0.39 is 0 Å². The fourth-order valence-corrected chi connectivity index (χ4v) is 4.50. The van der Waals surface area contributed by atoms with Crippen LogP contribution in [0.4, 0.5) is 0 Å². The lowest BCUT2D eigenvalue weighted by Gasteiger charge is -2.28. The van der Waals surface area contributed by atoms with Crippen LogP contribution in [0.5, 0.6) is 11.5 Å². The number of hydrogen-bond donors (Lipinski definition) is 0. The molecule has 32 heavy (non-hydrogen) atoms. The largest absolute Gasteiger partial charge is 0.493 e. The third-order valence-electron chi connectivity index (χ3n) is 5.62. The summed E-state index contributed by atoms with van der Waals surface area (Å²) in [6.45, 7) is 3.82. The van der Waals surface area contributed by atoms with Crippen LogP contribution in [0, 0.1) is 0 Å². The van der Waals surface area contributed by atoms with Gasteiger partial charge in [-0.25, -0.2) is 0 Å². The summed E-state index contributed by atoms with van der Waals surface area (Å²) in [5, 5.41) is 2.01. The highest BCUT2D eigenvalue weighted by atomic mass is 32.1. The van der Waals surface area contributed by atoms with Gasteiger partial charge in [0.15, 0.2) is 11.5 Å². The van der Waals surface area contributed by atoms with Gasteiger partial charge >= 0.3 is 0 Å². The predicted octanol–water partition coefficient (Wildman–Crippen LogP) is 3.36. The third-order valence-corrected chi connectivity index (χ3v) is 6.48.